The predicted molar refractivity (Wildman–Crippen MR) is 236 cm³/mol. The van der Waals surface area contributed by atoms with Crippen molar-refractivity contribution in [1.29, 1.82) is 0 Å². The molecule has 3 N–H and O–H groups in total. The Morgan fingerprint density at radius 3 is 1.53 bits per heavy atom. The van der Waals surface area contributed by atoms with Crippen molar-refractivity contribution in [2.24, 2.45) is 5.92 Å². The zero-order valence-corrected chi connectivity index (χ0v) is 37.1. The number of phosphoric acid groups is 1. The largest absolute Gasteiger partial charge is 0.469 e. The summed E-state index contributed by atoms with van der Waals surface area (Å²) in [4.78, 5) is 42.9. The van der Waals surface area contributed by atoms with E-state index in [1.807, 2.05) is 37.3 Å². The van der Waals surface area contributed by atoms with Gasteiger partial charge in [0.15, 0.2) is 6.10 Å². The summed E-state index contributed by atoms with van der Waals surface area (Å²) in [5.41, 5.74) is 0. The van der Waals surface area contributed by atoms with E-state index < -0.39 is 32.5 Å². The first-order valence-electron chi connectivity index (χ1n) is 22.5. The number of unbranched alkanes of at least 4 members (excludes halogenated alkanes) is 18. The van der Waals surface area contributed by atoms with Crippen molar-refractivity contribution < 1.29 is 43.0 Å². The number of hydrogen-bond donors (Lipinski definition) is 3. The van der Waals surface area contributed by atoms with Crippen molar-refractivity contribution in [3.05, 3.63) is 60.8 Å². The van der Waals surface area contributed by atoms with Crippen molar-refractivity contribution in [3.8, 4) is 0 Å². The van der Waals surface area contributed by atoms with E-state index in [0.717, 1.165) is 44.4 Å². The minimum atomic E-state index is -4.78. The number of rotatable bonds is 40. The van der Waals surface area contributed by atoms with Gasteiger partial charge in [-0.1, -0.05) is 197 Å². The Morgan fingerprint density at radius 1 is 0.579 bits per heavy atom. The van der Waals surface area contributed by atoms with Crippen molar-refractivity contribution in [2.45, 2.75) is 206 Å². The number of esters is 2. The van der Waals surface area contributed by atoms with Crippen LogP contribution in [0.2, 0.25) is 0 Å². The number of hydrogen-bond acceptors (Lipinski definition) is 7. The third-order valence-corrected chi connectivity index (χ3v) is 10.1. The molecule has 330 valence electrons. The molecule has 0 aliphatic heterocycles. The van der Waals surface area contributed by atoms with Gasteiger partial charge >= 0.3 is 19.8 Å². The molecule has 0 aliphatic rings. The molecular weight excluding hydrogens is 739 g/mol. The number of ether oxygens (including phenoxy) is 2. The third kappa shape index (κ3) is 44.7. The molecule has 0 unspecified atom stereocenters. The Bertz CT molecular complexity index is 1140. The molecule has 57 heavy (non-hydrogen) atoms. The zero-order chi connectivity index (χ0) is 42.1. The molecule has 0 aromatic rings. The van der Waals surface area contributed by atoms with Gasteiger partial charge in [0.1, 0.15) is 6.61 Å². The normalized spacial score (nSPS) is 13.7. The molecule has 0 rings (SSSR count). The Labute approximate surface area is 348 Å². The van der Waals surface area contributed by atoms with Crippen molar-refractivity contribution in [2.75, 3.05) is 13.2 Å². The SMILES string of the molecule is CC[C@H](O)/C=C/C=C\C/C=C\C/C=C\C/C=C\CCCC(=O)OC[C@H](COP(=O)(O)O)OC(=O)CCCCCCCCCCCCCCCCCCCCC(C)C. The lowest BCUT2D eigenvalue weighted by Gasteiger charge is -2.18. The standard InChI is InChI=1S/C47H83O9P/c1-4-44(48)38-34-30-26-22-18-14-11-12-15-19-23-27-31-35-39-46(49)54-41-45(42-55-57(51,52)53)56-47(50)40-36-32-28-24-20-16-10-8-6-5-7-9-13-17-21-25-29-33-37-43(2)3/h12,14-15,18,23,26-27,30,34,38,43-45,48H,4-11,13,16-17,19-22,24-25,28-29,31-33,35-37,39-42H2,1-3H3,(H2,51,52,53)/b15-12-,18-14-,27-23-,30-26-,38-34+/t44-,45+/m0/s1. The number of aliphatic hydroxyl groups excluding tert-OH is 1. The van der Waals surface area contributed by atoms with E-state index in [2.05, 4.69) is 42.7 Å². The summed E-state index contributed by atoms with van der Waals surface area (Å²) in [6.45, 7) is 5.68. The van der Waals surface area contributed by atoms with Gasteiger partial charge in [-0.25, -0.2) is 4.57 Å². The van der Waals surface area contributed by atoms with Crippen LogP contribution in [0.3, 0.4) is 0 Å². The molecule has 0 fully saturated rings. The highest BCUT2D eigenvalue weighted by Gasteiger charge is 2.22. The second kappa shape index (κ2) is 40.5. The topological polar surface area (TPSA) is 140 Å². The van der Waals surface area contributed by atoms with E-state index in [-0.39, 0.29) is 25.6 Å². The number of allylic oxidation sites excluding steroid dienone is 9. The molecule has 0 aromatic carbocycles. The first kappa shape index (κ1) is 54.7. The molecule has 2 atom stereocenters. The Morgan fingerprint density at radius 2 is 1.04 bits per heavy atom. The predicted octanol–water partition coefficient (Wildman–Crippen LogP) is 12.9. The molecule has 0 radical (unpaired) electrons. The van der Waals surface area contributed by atoms with Crippen LogP contribution in [0.25, 0.3) is 0 Å². The smallest absolute Gasteiger partial charge is 0.462 e. The van der Waals surface area contributed by atoms with E-state index in [1.165, 1.54) is 96.3 Å². The van der Waals surface area contributed by atoms with E-state index in [9.17, 15) is 19.3 Å². The molecule has 0 aromatic heterocycles. The van der Waals surface area contributed by atoms with Crippen LogP contribution in [0, 0.1) is 5.92 Å². The van der Waals surface area contributed by atoms with Crippen molar-refractivity contribution in [3.63, 3.8) is 0 Å². The minimum absolute atomic E-state index is 0.174. The summed E-state index contributed by atoms with van der Waals surface area (Å²) in [5.74, 6) is -0.126. The van der Waals surface area contributed by atoms with Crippen LogP contribution in [0.4, 0.5) is 0 Å². The van der Waals surface area contributed by atoms with Crippen LogP contribution < -0.4 is 0 Å². The molecule has 0 heterocycles. The molecule has 10 heteroatoms. The number of aliphatic hydroxyl groups is 1. The maximum atomic E-state index is 12.4. The van der Waals surface area contributed by atoms with Crippen LogP contribution in [-0.4, -0.2) is 52.3 Å². The fourth-order valence-electron chi connectivity index (χ4n) is 6.13. The summed E-state index contributed by atoms with van der Waals surface area (Å²) in [7, 11) is -4.78. The van der Waals surface area contributed by atoms with Gasteiger partial charge in [0.05, 0.1) is 12.7 Å². The maximum Gasteiger partial charge on any atom is 0.469 e. The average molecular weight is 823 g/mol. The van der Waals surface area contributed by atoms with Crippen LogP contribution in [0.15, 0.2) is 60.8 Å². The lowest BCUT2D eigenvalue weighted by atomic mass is 10.0. The molecule has 0 spiro atoms. The van der Waals surface area contributed by atoms with E-state index in [0.29, 0.717) is 25.7 Å². The molecular formula is C47H83O9P. The molecule has 0 saturated carbocycles. The van der Waals surface area contributed by atoms with Gasteiger partial charge in [0, 0.05) is 12.8 Å². The fourth-order valence-corrected chi connectivity index (χ4v) is 6.49. The van der Waals surface area contributed by atoms with Gasteiger partial charge in [-0.15, -0.1) is 0 Å². The molecule has 0 aliphatic carbocycles. The maximum absolute atomic E-state index is 12.4. The van der Waals surface area contributed by atoms with Gasteiger partial charge < -0.3 is 24.4 Å². The Balaban J connectivity index is 3.96. The third-order valence-electron chi connectivity index (χ3n) is 9.64. The van der Waals surface area contributed by atoms with E-state index in [4.69, 9.17) is 19.3 Å². The van der Waals surface area contributed by atoms with E-state index in [1.54, 1.807) is 6.08 Å². The summed E-state index contributed by atoms with van der Waals surface area (Å²) in [6.07, 6.45) is 47.6. The highest BCUT2D eigenvalue weighted by Crippen LogP contribution is 2.36. The van der Waals surface area contributed by atoms with Gasteiger partial charge in [0.2, 0.25) is 0 Å². The first-order valence-corrected chi connectivity index (χ1v) is 24.1. The molecule has 0 saturated heterocycles. The van der Waals surface area contributed by atoms with Crippen LogP contribution in [0.5, 0.6) is 0 Å². The highest BCUT2D eigenvalue weighted by molar-refractivity contribution is 7.46. The van der Waals surface area contributed by atoms with Gasteiger partial charge in [-0.2, -0.15) is 0 Å². The van der Waals surface area contributed by atoms with Gasteiger partial charge in [-0.05, 0) is 50.9 Å². The zero-order valence-electron chi connectivity index (χ0n) is 36.2. The average Bonchev–Trinajstić information content (AvgIpc) is 3.17. The Hall–Kier alpha value is -2.29. The lowest BCUT2D eigenvalue weighted by Crippen LogP contribution is -2.29. The van der Waals surface area contributed by atoms with Crippen LogP contribution >= 0.6 is 7.82 Å². The summed E-state index contributed by atoms with van der Waals surface area (Å²) < 4.78 is 26.4. The number of carbonyl (C=O) groups is 2. The monoisotopic (exact) mass is 823 g/mol. The van der Waals surface area contributed by atoms with Crippen molar-refractivity contribution >= 4 is 19.8 Å². The lowest BCUT2D eigenvalue weighted by molar-refractivity contribution is -0.161. The minimum Gasteiger partial charge on any atom is -0.462 e. The first-order chi connectivity index (χ1) is 27.5. The summed E-state index contributed by atoms with van der Waals surface area (Å²) >= 11 is 0. The number of carbonyl (C=O) groups excluding carboxylic acids is 2. The quantitative estimate of drug-likeness (QED) is 0.0181. The van der Waals surface area contributed by atoms with Gasteiger partial charge in [0.25, 0.3) is 0 Å². The fraction of sp³-hybridized carbons (Fsp3) is 0.745. The second-order valence-corrected chi connectivity index (χ2v) is 16.9. The molecule has 9 nitrogen and oxygen atoms in total. The molecule has 0 amide bonds. The molecule has 0 bridgehead atoms. The van der Waals surface area contributed by atoms with Gasteiger partial charge in [-0.3, -0.25) is 14.1 Å². The Kier molecular flexibility index (Phi) is 38.9. The summed E-state index contributed by atoms with van der Waals surface area (Å²) in [6, 6.07) is 0. The van der Waals surface area contributed by atoms with Crippen LogP contribution in [-0.2, 0) is 28.2 Å². The summed E-state index contributed by atoms with van der Waals surface area (Å²) in [5, 5.41) is 9.46. The van der Waals surface area contributed by atoms with E-state index >= 15 is 0 Å². The van der Waals surface area contributed by atoms with Crippen molar-refractivity contribution in [1.82, 2.24) is 0 Å². The highest BCUT2D eigenvalue weighted by atomic mass is 31.2. The van der Waals surface area contributed by atoms with Crippen LogP contribution in [0.1, 0.15) is 194 Å². The number of phosphoric ester groups is 1. The second-order valence-electron chi connectivity index (χ2n) is 15.7.